The number of amides is 2. The van der Waals surface area contributed by atoms with Gasteiger partial charge in [-0.3, -0.25) is 19.2 Å². The smallest absolute Gasteiger partial charge is 0.326 e. The van der Waals surface area contributed by atoms with Crippen molar-refractivity contribution >= 4 is 29.4 Å². The van der Waals surface area contributed by atoms with Crippen molar-refractivity contribution < 1.29 is 33.4 Å². The number of carbonyl (C=O) groups is 4. The standard InChI is InChI=1S/C21H28N2O7/c1-4-29-20(26)12-19(25)22-11-10-18(24)23(14-21(27)30-5-2)16-9-7-6-8-15(16)17(13-22)28-3/h6-9,17H,4-5,10-14H2,1-3H3. The largest absolute Gasteiger partial charge is 0.466 e. The van der Waals surface area contributed by atoms with Crippen LogP contribution >= 0.6 is 0 Å². The van der Waals surface area contributed by atoms with Gasteiger partial charge in [0.25, 0.3) is 0 Å². The minimum atomic E-state index is -0.619. The number of ether oxygens (including phenoxy) is 3. The van der Waals surface area contributed by atoms with Crippen LogP contribution in [0.2, 0.25) is 0 Å². The van der Waals surface area contributed by atoms with E-state index in [1.165, 1.54) is 16.9 Å². The first-order valence-electron chi connectivity index (χ1n) is 9.92. The van der Waals surface area contributed by atoms with Crippen LogP contribution in [0.5, 0.6) is 0 Å². The highest BCUT2D eigenvalue weighted by Crippen LogP contribution is 2.31. The molecule has 0 saturated heterocycles. The number of anilines is 1. The Morgan fingerprint density at radius 2 is 1.73 bits per heavy atom. The maximum Gasteiger partial charge on any atom is 0.326 e. The second-order valence-corrected chi connectivity index (χ2v) is 6.64. The molecule has 9 heteroatoms. The first-order chi connectivity index (χ1) is 14.4. The van der Waals surface area contributed by atoms with E-state index in [2.05, 4.69) is 0 Å². The van der Waals surface area contributed by atoms with Crippen LogP contribution in [0, 0.1) is 0 Å². The second kappa shape index (κ2) is 11.3. The fourth-order valence-corrected chi connectivity index (χ4v) is 3.28. The van der Waals surface area contributed by atoms with Gasteiger partial charge in [0.05, 0.1) is 25.4 Å². The zero-order valence-electron chi connectivity index (χ0n) is 17.6. The van der Waals surface area contributed by atoms with E-state index in [0.717, 1.165) is 0 Å². The molecule has 0 N–H and O–H groups in total. The second-order valence-electron chi connectivity index (χ2n) is 6.64. The average Bonchev–Trinajstić information content (AvgIpc) is 2.77. The van der Waals surface area contributed by atoms with Gasteiger partial charge in [-0.05, 0) is 19.9 Å². The third-order valence-electron chi connectivity index (χ3n) is 4.69. The number of nitrogens with zero attached hydrogens (tertiary/aromatic N) is 2. The molecule has 1 atom stereocenters. The van der Waals surface area contributed by atoms with E-state index >= 15 is 0 Å². The Bertz CT molecular complexity index is 780. The molecule has 0 aromatic heterocycles. The summed E-state index contributed by atoms with van der Waals surface area (Å²) in [6.07, 6.45) is -0.978. The normalized spacial score (nSPS) is 16.8. The highest BCUT2D eigenvalue weighted by Gasteiger charge is 2.31. The minimum Gasteiger partial charge on any atom is -0.466 e. The fraction of sp³-hybridized carbons (Fsp3) is 0.524. The van der Waals surface area contributed by atoms with E-state index in [4.69, 9.17) is 14.2 Å². The van der Waals surface area contributed by atoms with Crippen molar-refractivity contribution in [1.29, 1.82) is 0 Å². The van der Waals surface area contributed by atoms with Gasteiger partial charge in [-0.15, -0.1) is 0 Å². The van der Waals surface area contributed by atoms with Gasteiger partial charge >= 0.3 is 11.9 Å². The lowest BCUT2D eigenvalue weighted by Gasteiger charge is -2.27. The van der Waals surface area contributed by atoms with Crippen LogP contribution in [-0.2, 0) is 33.4 Å². The first kappa shape index (κ1) is 23.3. The fourth-order valence-electron chi connectivity index (χ4n) is 3.28. The topological polar surface area (TPSA) is 102 Å². The van der Waals surface area contributed by atoms with E-state index in [9.17, 15) is 19.2 Å². The minimum absolute atomic E-state index is 0.0151. The number of para-hydroxylation sites is 1. The highest BCUT2D eigenvalue weighted by molar-refractivity contribution is 5.99. The molecule has 9 nitrogen and oxygen atoms in total. The molecule has 0 bridgehead atoms. The van der Waals surface area contributed by atoms with Gasteiger partial charge in [0.1, 0.15) is 19.1 Å². The Kier molecular flexibility index (Phi) is 8.79. The van der Waals surface area contributed by atoms with E-state index in [0.29, 0.717) is 11.3 Å². The number of rotatable bonds is 7. The van der Waals surface area contributed by atoms with Crippen LogP contribution in [-0.4, -0.2) is 68.6 Å². The summed E-state index contributed by atoms with van der Waals surface area (Å²) in [7, 11) is 1.50. The van der Waals surface area contributed by atoms with Gasteiger partial charge in [-0.2, -0.15) is 0 Å². The Morgan fingerprint density at radius 1 is 1.07 bits per heavy atom. The maximum absolute atomic E-state index is 13.0. The molecular weight excluding hydrogens is 392 g/mol. The molecule has 0 saturated carbocycles. The van der Waals surface area contributed by atoms with Crippen molar-refractivity contribution in [2.24, 2.45) is 0 Å². The van der Waals surface area contributed by atoms with Gasteiger partial charge in [0.2, 0.25) is 11.8 Å². The van der Waals surface area contributed by atoms with Crippen molar-refractivity contribution in [3.05, 3.63) is 29.8 Å². The van der Waals surface area contributed by atoms with Crippen LogP contribution in [0.15, 0.2) is 24.3 Å². The number of fused-ring (bicyclic) bond motifs is 1. The Morgan fingerprint density at radius 3 is 2.40 bits per heavy atom. The molecule has 1 heterocycles. The third-order valence-corrected chi connectivity index (χ3v) is 4.69. The summed E-state index contributed by atoms with van der Waals surface area (Å²) in [5.74, 6) is -1.92. The number of hydrogen-bond donors (Lipinski definition) is 0. The van der Waals surface area contributed by atoms with E-state index in [1.54, 1.807) is 38.1 Å². The molecule has 1 aromatic rings. The Hall–Kier alpha value is -2.94. The van der Waals surface area contributed by atoms with E-state index in [-0.39, 0.29) is 45.2 Å². The molecule has 0 fully saturated rings. The Balaban J connectivity index is 2.35. The number of carbonyl (C=O) groups excluding carboxylic acids is 4. The third kappa shape index (κ3) is 6.03. The molecule has 1 aliphatic rings. The number of methoxy groups -OCH3 is 1. The van der Waals surface area contributed by atoms with Gasteiger partial charge in [0.15, 0.2) is 0 Å². The van der Waals surface area contributed by atoms with Crippen molar-refractivity contribution in [3.8, 4) is 0 Å². The molecule has 1 aromatic carbocycles. The van der Waals surface area contributed by atoms with E-state index < -0.39 is 30.4 Å². The monoisotopic (exact) mass is 420 g/mol. The van der Waals surface area contributed by atoms with Crippen molar-refractivity contribution in [3.63, 3.8) is 0 Å². The maximum atomic E-state index is 13.0. The van der Waals surface area contributed by atoms with Crippen molar-refractivity contribution in [2.45, 2.75) is 32.8 Å². The van der Waals surface area contributed by atoms with Crippen LogP contribution in [0.25, 0.3) is 0 Å². The molecule has 1 unspecified atom stereocenters. The lowest BCUT2D eigenvalue weighted by atomic mass is 10.1. The summed E-state index contributed by atoms with van der Waals surface area (Å²) in [5, 5.41) is 0. The molecular formula is C21H28N2O7. The van der Waals surface area contributed by atoms with Crippen LogP contribution in [0.3, 0.4) is 0 Å². The summed E-state index contributed by atoms with van der Waals surface area (Å²) >= 11 is 0. The number of benzene rings is 1. The Labute approximate surface area is 175 Å². The zero-order chi connectivity index (χ0) is 22.1. The predicted octanol–water partition coefficient (Wildman–Crippen LogP) is 1.46. The zero-order valence-corrected chi connectivity index (χ0v) is 17.6. The van der Waals surface area contributed by atoms with Gasteiger partial charge in [0, 0.05) is 25.6 Å². The SMILES string of the molecule is CCOC(=O)CC(=O)N1CCC(=O)N(CC(=O)OCC)c2ccccc2C(OC)C1. The summed E-state index contributed by atoms with van der Waals surface area (Å²) < 4.78 is 15.5. The van der Waals surface area contributed by atoms with Crippen LogP contribution in [0.1, 0.15) is 38.4 Å². The molecule has 30 heavy (non-hydrogen) atoms. The highest BCUT2D eigenvalue weighted by atomic mass is 16.5. The molecule has 2 amide bonds. The summed E-state index contributed by atoms with van der Waals surface area (Å²) in [5.41, 5.74) is 1.19. The van der Waals surface area contributed by atoms with Crippen molar-refractivity contribution in [2.75, 3.05) is 44.9 Å². The molecule has 2 rings (SSSR count). The van der Waals surface area contributed by atoms with Gasteiger partial charge in [-0.1, -0.05) is 18.2 Å². The van der Waals surface area contributed by atoms with Gasteiger partial charge < -0.3 is 24.0 Å². The lowest BCUT2D eigenvalue weighted by molar-refractivity contribution is -0.149. The summed E-state index contributed by atoms with van der Waals surface area (Å²) in [4.78, 5) is 52.2. The molecule has 0 radical (unpaired) electrons. The van der Waals surface area contributed by atoms with Crippen LogP contribution < -0.4 is 4.90 Å². The molecule has 1 aliphatic heterocycles. The van der Waals surface area contributed by atoms with E-state index in [1.807, 2.05) is 0 Å². The summed E-state index contributed by atoms with van der Waals surface area (Å²) in [6.45, 7) is 3.76. The average molecular weight is 420 g/mol. The summed E-state index contributed by atoms with van der Waals surface area (Å²) in [6, 6.07) is 7.07. The van der Waals surface area contributed by atoms with Crippen LogP contribution in [0.4, 0.5) is 5.69 Å². The van der Waals surface area contributed by atoms with Gasteiger partial charge in [-0.25, -0.2) is 0 Å². The molecule has 164 valence electrons. The number of esters is 2. The first-order valence-corrected chi connectivity index (χ1v) is 9.92. The number of hydrogen-bond acceptors (Lipinski definition) is 7. The molecule has 0 aliphatic carbocycles. The quantitative estimate of drug-likeness (QED) is 0.486. The predicted molar refractivity (Wildman–Crippen MR) is 108 cm³/mol. The van der Waals surface area contributed by atoms with Crippen molar-refractivity contribution in [1.82, 2.24) is 4.90 Å². The lowest BCUT2D eigenvalue weighted by Crippen LogP contribution is -2.40. The molecule has 0 spiro atoms.